The Hall–Kier alpha value is -2.21. The van der Waals surface area contributed by atoms with Crippen LogP contribution in [0.4, 0.5) is 0 Å². The van der Waals surface area contributed by atoms with Crippen LogP contribution in [0, 0.1) is 5.41 Å². The van der Waals surface area contributed by atoms with Crippen LogP contribution < -0.4 is 20.1 Å². The van der Waals surface area contributed by atoms with Crippen molar-refractivity contribution in [3.8, 4) is 11.5 Å². The van der Waals surface area contributed by atoms with Gasteiger partial charge in [0.15, 0.2) is 17.5 Å². The lowest BCUT2D eigenvalue weighted by atomic mass is 9.67. The molecule has 1 aliphatic rings. The lowest BCUT2D eigenvalue weighted by molar-refractivity contribution is 0.0732. The third kappa shape index (κ3) is 5.64. The fourth-order valence-corrected chi connectivity index (χ4v) is 3.70. The molecule has 6 heteroatoms. The van der Waals surface area contributed by atoms with Gasteiger partial charge >= 0.3 is 0 Å². The molecular weight excluding hydrogens is 354 g/mol. The molecule has 2 rings (SSSR count). The van der Waals surface area contributed by atoms with Crippen LogP contribution in [-0.4, -0.2) is 47.5 Å². The van der Waals surface area contributed by atoms with Crippen molar-refractivity contribution in [2.45, 2.75) is 38.6 Å². The number of rotatable bonds is 11. The number of nitrogens with one attached hydrogen (secondary N) is 2. The molecule has 0 amide bonds. The molecular formula is C22H35N3O3. The number of nitrogens with zero attached hydrogens (tertiary/aromatic N) is 1. The summed E-state index contributed by atoms with van der Waals surface area (Å²) in [6.45, 7) is 6.22. The Labute approximate surface area is 169 Å². The summed E-state index contributed by atoms with van der Waals surface area (Å²) < 4.78 is 16.3. The van der Waals surface area contributed by atoms with Crippen LogP contribution in [0.25, 0.3) is 0 Å². The van der Waals surface area contributed by atoms with Gasteiger partial charge in [-0.2, -0.15) is 0 Å². The van der Waals surface area contributed by atoms with E-state index in [0.29, 0.717) is 12.0 Å². The van der Waals surface area contributed by atoms with E-state index in [4.69, 9.17) is 14.2 Å². The number of ether oxygens (including phenoxy) is 3. The summed E-state index contributed by atoms with van der Waals surface area (Å²) in [6.07, 6.45) is 7.49. The molecule has 0 radical (unpaired) electrons. The summed E-state index contributed by atoms with van der Waals surface area (Å²) in [5, 5.41) is 6.90. The van der Waals surface area contributed by atoms with Crippen molar-refractivity contribution >= 4 is 5.96 Å². The third-order valence-electron chi connectivity index (χ3n) is 5.54. The van der Waals surface area contributed by atoms with E-state index in [1.165, 1.54) is 19.3 Å². The van der Waals surface area contributed by atoms with E-state index in [2.05, 4.69) is 28.3 Å². The van der Waals surface area contributed by atoms with Gasteiger partial charge in [-0.1, -0.05) is 12.5 Å². The van der Waals surface area contributed by atoms with Crippen molar-refractivity contribution in [3.05, 3.63) is 35.9 Å². The Morgan fingerprint density at radius 1 is 1.21 bits per heavy atom. The monoisotopic (exact) mass is 389 g/mol. The lowest BCUT2D eigenvalue weighted by Crippen LogP contribution is -2.46. The van der Waals surface area contributed by atoms with E-state index in [1.54, 1.807) is 28.4 Å². The molecule has 1 saturated carbocycles. The van der Waals surface area contributed by atoms with Gasteiger partial charge in [-0.05, 0) is 48.8 Å². The molecule has 0 atom stereocenters. The molecule has 6 nitrogen and oxygen atoms in total. The molecule has 0 unspecified atom stereocenters. The summed E-state index contributed by atoms with van der Waals surface area (Å²) >= 11 is 0. The summed E-state index contributed by atoms with van der Waals surface area (Å²) in [7, 11) is 6.89. The Bertz CT molecular complexity index is 669. The van der Waals surface area contributed by atoms with E-state index < -0.39 is 0 Å². The van der Waals surface area contributed by atoms with E-state index in [9.17, 15) is 0 Å². The molecule has 0 bridgehead atoms. The van der Waals surface area contributed by atoms with Crippen molar-refractivity contribution in [2.75, 3.05) is 41.5 Å². The Kier molecular flexibility index (Phi) is 8.64. The highest BCUT2D eigenvalue weighted by atomic mass is 16.5. The molecule has 1 aliphatic carbocycles. The molecule has 1 aromatic rings. The largest absolute Gasteiger partial charge is 0.493 e. The number of hydrogen-bond acceptors (Lipinski definition) is 4. The zero-order valence-corrected chi connectivity index (χ0v) is 17.8. The number of methoxy groups -OCH3 is 3. The summed E-state index contributed by atoms with van der Waals surface area (Å²) in [5.74, 6) is 2.30. The van der Waals surface area contributed by atoms with Crippen molar-refractivity contribution in [3.63, 3.8) is 0 Å². The number of allylic oxidation sites excluding steroid dienone is 1. The number of guanidine groups is 1. The second kappa shape index (κ2) is 11.0. The molecule has 0 aromatic heterocycles. The minimum atomic E-state index is 0.341. The fraction of sp³-hybridized carbons (Fsp3) is 0.591. The number of aliphatic imine (C=N–C) groups is 1. The van der Waals surface area contributed by atoms with Crippen molar-refractivity contribution in [2.24, 2.45) is 10.4 Å². The zero-order valence-electron chi connectivity index (χ0n) is 17.8. The minimum absolute atomic E-state index is 0.341. The first-order valence-electron chi connectivity index (χ1n) is 9.89. The van der Waals surface area contributed by atoms with Gasteiger partial charge in [0.25, 0.3) is 0 Å². The number of hydrogen-bond donors (Lipinski definition) is 2. The molecule has 28 heavy (non-hydrogen) atoms. The van der Waals surface area contributed by atoms with Gasteiger partial charge in [0.1, 0.15) is 0 Å². The highest BCUT2D eigenvalue weighted by molar-refractivity contribution is 5.79. The van der Waals surface area contributed by atoms with Crippen LogP contribution in [0.1, 0.15) is 36.8 Å². The molecule has 2 N–H and O–H groups in total. The van der Waals surface area contributed by atoms with Crippen molar-refractivity contribution in [1.29, 1.82) is 0 Å². The van der Waals surface area contributed by atoms with Crippen molar-refractivity contribution < 1.29 is 14.2 Å². The van der Waals surface area contributed by atoms with Gasteiger partial charge in [0.2, 0.25) is 0 Å². The first-order chi connectivity index (χ1) is 13.6. The predicted octanol–water partition coefficient (Wildman–Crippen LogP) is 3.30. The van der Waals surface area contributed by atoms with E-state index >= 15 is 0 Å². The van der Waals surface area contributed by atoms with Crippen LogP contribution in [-0.2, 0) is 17.7 Å². The SMILES string of the molecule is C=CCc1cc(CNC(=NC)NCC2(CCOC)CCC2)cc(OC)c1OC. The summed E-state index contributed by atoms with van der Waals surface area (Å²) in [4.78, 5) is 4.37. The topological polar surface area (TPSA) is 64.1 Å². The third-order valence-corrected chi connectivity index (χ3v) is 5.54. The average molecular weight is 390 g/mol. The highest BCUT2D eigenvalue weighted by Crippen LogP contribution is 2.43. The minimum Gasteiger partial charge on any atom is -0.493 e. The van der Waals surface area contributed by atoms with E-state index in [1.807, 2.05) is 12.1 Å². The van der Waals surface area contributed by atoms with Crippen LogP contribution >= 0.6 is 0 Å². The van der Waals surface area contributed by atoms with Gasteiger partial charge in [-0.15, -0.1) is 6.58 Å². The first kappa shape index (κ1) is 22.1. The molecule has 0 heterocycles. The van der Waals surface area contributed by atoms with Crippen LogP contribution in [0.5, 0.6) is 11.5 Å². The quantitative estimate of drug-likeness (QED) is 0.345. The van der Waals surface area contributed by atoms with Crippen LogP contribution in [0.15, 0.2) is 29.8 Å². The molecule has 1 fully saturated rings. The van der Waals surface area contributed by atoms with Crippen molar-refractivity contribution in [1.82, 2.24) is 10.6 Å². The second-order valence-corrected chi connectivity index (χ2v) is 7.36. The standard InChI is InChI=1S/C22H35N3O3/c1-6-8-18-13-17(14-19(27-4)20(18)28-5)15-24-21(23-2)25-16-22(9-7-10-22)11-12-26-3/h6,13-14H,1,7-12,15-16H2,2-5H3,(H2,23,24,25). The normalized spacial score (nSPS) is 15.5. The van der Waals surface area contributed by atoms with Gasteiger partial charge < -0.3 is 24.8 Å². The molecule has 0 saturated heterocycles. The molecule has 0 aliphatic heterocycles. The Balaban J connectivity index is 1.99. The maximum atomic E-state index is 5.51. The second-order valence-electron chi connectivity index (χ2n) is 7.36. The Morgan fingerprint density at radius 2 is 2.00 bits per heavy atom. The Morgan fingerprint density at radius 3 is 2.54 bits per heavy atom. The summed E-state index contributed by atoms with van der Waals surface area (Å²) in [5.41, 5.74) is 2.51. The summed E-state index contributed by atoms with van der Waals surface area (Å²) in [6, 6.07) is 4.12. The predicted molar refractivity (Wildman–Crippen MR) is 114 cm³/mol. The highest BCUT2D eigenvalue weighted by Gasteiger charge is 2.36. The van der Waals surface area contributed by atoms with E-state index in [-0.39, 0.29) is 0 Å². The van der Waals surface area contributed by atoms with Gasteiger partial charge in [-0.3, -0.25) is 4.99 Å². The first-order valence-corrected chi connectivity index (χ1v) is 9.89. The lowest BCUT2D eigenvalue weighted by Gasteiger charge is -2.42. The maximum Gasteiger partial charge on any atom is 0.191 e. The molecule has 0 spiro atoms. The average Bonchev–Trinajstić information content (AvgIpc) is 2.68. The molecule has 156 valence electrons. The molecule has 1 aromatic carbocycles. The van der Waals surface area contributed by atoms with Gasteiger partial charge in [-0.25, -0.2) is 0 Å². The van der Waals surface area contributed by atoms with Crippen LogP contribution in [0.3, 0.4) is 0 Å². The van der Waals surface area contributed by atoms with E-state index in [0.717, 1.165) is 54.6 Å². The smallest absolute Gasteiger partial charge is 0.191 e. The van der Waals surface area contributed by atoms with Crippen LogP contribution in [0.2, 0.25) is 0 Å². The number of benzene rings is 1. The maximum absolute atomic E-state index is 5.51. The van der Waals surface area contributed by atoms with Gasteiger partial charge in [0, 0.05) is 39.4 Å². The van der Waals surface area contributed by atoms with Gasteiger partial charge in [0.05, 0.1) is 14.2 Å². The zero-order chi connectivity index (χ0) is 20.4. The fourth-order valence-electron chi connectivity index (χ4n) is 3.70.